The highest BCUT2D eigenvalue weighted by Gasteiger charge is 2.06. The van der Waals surface area contributed by atoms with Gasteiger partial charge in [0.05, 0.1) is 11.9 Å². The summed E-state index contributed by atoms with van der Waals surface area (Å²) < 4.78 is 1.75. The van der Waals surface area contributed by atoms with Gasteiger partial charge < -0.3 is 5.73 Å². The Morgan fingerprint density at radius 2 is 2.00 bits per heavy atom. The summed E-state index contributed by atoms with van der Waals surface area (Å²) in [6, 6.07) is 9.80. The van der Waals surface area contributed by atoms with Crippen molar-refractivity contribution in [2.45, 2.75) is 19.9 Å². The van der Waals surface area contributed by atoms with E-state index in [2.05, 4.69) is 15.3 Å². The van der Waals surface area contributed by atoms with Crippen molar-refractivity contribution in [2.75, 3.05) is 0 Å². The highest BCUT2D eigenvalue weighted by atomic mass is 15.4. The molecule has 0 atom stereocenters. The molecule has 0 aliphatic rings. The van der Waals surface area contributed by atoms with E-state index in [1.54, 1.807) is 10.9 Å². The number of nitrogens with zero attached hydrogens (tertiary/aromatic N) is 4. The van der Waals surface area contributed by atoms with E-state index in [1.807, 2.05) is 44.2 Å². The first kappa shape index (κ1) is 11.3. The summed E-state index contributed by atoms with van der Waals surface area (Å²) in [6.07, 6.45) is 1.80. The third-order valence-electron chi connectivity index (χ3n) is 2.31. The summed E-state index contributed by atoms with van der Waals surface area (Å²) in [6.45, 7) is 4.06. The van der Waals surface area contributed by atoms with Gasteiger partial charge in [-0.2, -0.15) is 0 Å². The number of aliphatic imine (C=N–C) groups is 1. The van der Waals surface area contributed by atoms with Crippen LogP contribution >= 0.6 is 0 Å². The Kier molecular flexibility index (Phi) is 3.18. The largest absolute Gasteiger partial charge is 0.382 e. The second kappa shape index (κ2) is 4.78. The molecule has 88 valence electrons. The zero-order chi connectivity index (χ0) is 12.3. The van der Waals surface area contributed by atoms with E-state index < -0.39 is 0 Å². The summed E-state index contributed by atoms with van der Waals surface area (Å²) in [5, 5.41) is 7.97. The van der Waals surface area contributed by atoms with Crippen LogP contribution in [0, 0.1) is 0 Å². The van der Waals surface area contributed by atoms with E-state index in [1.165, 1.54) is 0 Å². The number of aromatic nitrogens is 3. The number of benzene rings is 1. The molecule has 1 aromatic carbocycles. The van der Waals surface area contributed by atoms with Gasteiger partial charge >= 0.3 is 0 Å². The van der Waals surface area contributed by atoms with Gasteiger partial charge in [-0.1, -0.05) is 23.4 Å². The molecular weight excluding hydrogens is 214 g/mol. The quantitative estimate of drug-likeness (QED) is 0.645. The molecule has 0 aliphatic heterocycles. The monoisotopic (exact) mass is 229 g/mol. The summed E-state index contributed by atoms with van der Waals surface area (Å²) in [4.78, 5) is 4.28. The lowest BCUT2D eigenvalue weighted by Gasteiger charge is -2.01. The van der Waals surface area contributed by atoms with E-state index in [0.717, 1.165) is 5.69 Å². The van der Waals surface area contributed by atoms with Crippen LogP contribution in [0.15, 0.2) is 41.5 Å². The highest BCUT2D eigenvalue weighted by molar-refractivity contribution is 5.96. The van der Waals surface area contributed by atoms with Gasteiger partial charge in [0.2, 0.25) is 0 Å². The first-order valence-electron chi connectivity index (χ1n) is 5.48. The van der Waals surface area contributed by atoms with E-state index >= 15 is 0 Å². The van der Waals surface area contributed by atoms with Gasteiger partial charge in [0.1, 0.15) is 5.69 Å². The predicted octanol–water partition coefficient (Wildman–Crippen LogP) is 1.90. The lowest BCUT2D eigenvalue weighted by molar-refractivity contribution is 0.514. The van der Waals surface area contributed by atoms with Crippen LogP contribution in [0.5, 0.6) is 0 Å². The first-order valence-corrected chi connectivity index (χ1v) is 5.48. The summed E-state index contributed by atoms with van der Waals surface area (Å²) in [7, 11) is 0. The molecule has 2 N–H and O–H groups in total. The van der Waals surface area contributed by atoms with Crippen LogP contribution in [0.2, 0.25) is 0 Å². The topological polar surface area (TPSA) is 69.1 Å². The van der Waals surface area contributed by atoms with Gasteiger partial charge in [-0.05, 0) is 26.0 Å². The molecule has 5 heteroatoms. The molecule has 17 heavy (non-hydrogen) atoms. The maximum absolute atomic E-state index is 5.87. The minimum absolute atomic E-state index is 0.265. The van der Waals surface area contributed by atoms with Gasteiger partial charge in [0.15, 0.2) is 5.84 Å². The normalized spacial score (nSPS) is 12.1. The summed E-state index contributed by atoms with van der Waals surface area (Å²) in [5.74, 6) is 0.378. The average Bonchev–Trinajstić information content (AvgIpc) is 2.79. The second-order valence-corrected chi connectivity index (χ2v) is 4.01. The number of hydrogen-bond donors (Lipinski definition) is 1. The average molecular weight is 229 g/mol. The molecule has 1 aromatic heterocycles. The van der Waals surface area contributed by atoms with Crippen LogP contribution < -0.4 is 5.73 Å². The Bertz CT molecular complexity index is 513. The Morgan fingerprint density at radius 3 is 2.59 bits per heavy atom. The van der Waals surface area contributed by atoms with Crippen molar-refractivity contribution in [2.24, 2.45) is 10.7 Å². The number of para-hydroxylation sites is 1. The maximum atomic E-state index is 5.87. The van der Waals surface area contributed by atoms with Gasteiger partial charge in [0.25, 0.3) is 0 Å². The fourth-order valence-electron chi connectivity index (χ4n) is 1.35. The van der Waals surface area contributed by atoms with Crippen molar-refractivity contribution in [1.82, 2.24) is 15.0 Å². The molecule has 0 aliphatic carbocycles. The van der Waals surface area contributed by atoms with Crippen LogP contribution in [0.4, 0.5) is 5.69 Å². The van der Waals surface area contributed by atoms with Crippen molar-refractivity contribution in [1.29, 1.82) is 0 Å². The van der Waals surface area contributed by atoms with Crippen molar-refractivity contribution >= 4 is 11.5 Å². The predicted molar refractivity (Wildman–Crippen MR) is 67.2 cm³/mol. The Balaban J connectivity index is 2.24. The van der Waals surface area contributed by atoms with Crippen LogP contribution in [-0.2, 0) is 0 Å². The smallest absolute Gasteiger partial charge is 0.153 e. The molecule has 0 bridgehead atoms. The second-order valence-electron chi connectivity index (χ2n) is 4.01. The lowest BCUT2D eigenvalue weighted by Crippen LogP contribution is -2.13. The molecule has 1 heterocycles. The van der Waals surface area contributed by atoms with Gasteiger partial charge in [-0.3, -0.25) is 0 Å². The summed E-state index contributed by atoms with van der Waals surface area (Å²) >= 11 is 0. The van der Waals surface area contributed by atoms with Gasteiger partial charge in [-0.15, -0.1) is 5.10 Å². The van der Waals surface area contributed by atoms with Gasteiger partial charge in [-0.25, -0.2) is 9.67 Å². The van der Waals surface area contributed by atoms with Crippen LogP contribution in [-0.4, -0.2) is 20.8 Å². The highest BCUT2D eigenvalue weighted by Crippen LogP contribution is 2.11. The van der Waals surface area contributed by atoms with E-state index in [0.29, 0.717) is 11.5 Å². The fourth-order valence-corrected chi connectivity index (χ4v) is 1.35. The molecular formula is C12H15N5. The molecule has 0 amide bonds. The molecule has 0 radical (unpaired) electrons. The minimum Gasteiger partial charge on any atom is -0.382 e. The molecule has 0 fully saturated rings. The number of amidine groups is 1. The third kappa shape index (κ3) is 2.69. The molecule has 0 spiro atoms. The maximum Gasteiger partial charge on any atom is 0.153 e. The zero-order valence-electron chi connectivity index (χ0n) is 9.91. The van der Waals surface area contributed by atoms with Gasteiger partial charge in [0, 0.05) is 6.04 Å². The minimum atomic E-state index is 0.265. The molecule has 5 nitrogen and oxygen atoms in total. The SMILES string of the molecule is CC(C)n1cc(C(N)=Nc2ccccc2)nn1. The molecule has 0 unspecified atom stereocenters. The summed E-state index contributed by atoms with van der Waals surface area (Å²) in [5.41, 5.74) is 7.28. The molecule has 2 rings (SSSR count). The number of hydrogen-bond acceptors (Lipinski definition) is 3. The van der Waals surface area contributed by atoms with Crippen LogP contribution in [0.1, 0.15) is 25.6 Å². The molecule has 0 saturated heterocycles. The van der Waals surface area contributed by atoms with Crippen molar-refractivity contribution in [3.8, 4) is 0 Å². The van der Waals surface area contributed by atoms with Crippen LogP contribution in [0.3, 0.4) is 0 Å². The van der Waals surface area contributed by atoms with Crippen molar-refractivity contribution in [3.05, 3.63) is 42.2 Å². The van der Waals surface area contributed by atoms with E-state index in [4.69, 9.17) is 5.73 Å². The fraction of sp³-hybridized carbons (Fsp3) is 0.250. The number of rotatable bonds is 3. The Morgan fingerprint density at radius 1 is 1.29 bits per heavy atom. The molecule has 2 aromatic rings. The van der Waals surface area contributed by atoms with E-state index in [-0.39, 0.29) is 6.04 Å². The zero-order valence-corrected chi connectivity index (χ0v) is 9.91. The van der Waals surface area contributed by atoms with E-state index in [9.17, 15) is 0 Å². The Labute approximate surface area is 100.0 Å². The van der Waals surface area contributed by atoms with Crippen molar-refractivity contribution in [3.63, 3.8) is 0 Å². The van der Waals surface area contributed by atoms with Crippen LogP contribution in [0.25, 0.3) is 0 Å². The van der Waals surface area contributed by atoms with Crippen molar-refractivity contribution < 1.29 is 0 Å². The third-order valence-corrected chi connectivity index (χ3v) is 2.31. The lowest BCUT2D eigenvalue weighted by atomic mass is 10.3. The Hall–Kier alpha value is -2.17. The number of nitrogens with two attached hydrogens (primary N) is 1. The standard InChI is InChI=1S/C12H15N5/c1-9(2)17-8-11(15-16-17)12(13)14-10-6-4-3-5-7-10/h3-9H,1-2H3,(H2,13,14). The molecule has 0 saturated carbocycles. The first-order chi connectivity index (χ1) is 8.16.